The highest BCUT2D eigenvalue weighted by atomic mass is 32.1. The highest BCUT2D eigenvalue weighted by molar-refractivity contribution is 7.17. The van der Waals surface area contributed by atoms with Gasteiger partial charge in [0.1, 0.15) is 10.9 Å². The minimum atomic E-state index is -0.830. The van der Waals surface area contributed by atoms with Crippen molar-refractivity contribution in [3.8, 4) is 0 Å². The number of fused-ring (bicyclic) bond motifs is 1. The quantitative estimate of drug-likeness (QED) is 0.742. The Morgan fingerprint density at radius 1 is 1.29 bits per heavy atom. The van der Waals surface area contributed by atoms with E-state index in [0.717, 1.165) is 0 Å². The van der Waals surface area contributed by atoms with Gasteiger partial charge in [0, 0.05) is 5.38 Å². The molecule has 0 fully saturated rings. The van der Waals surface area contributed by atoms with Gasteiger partial charge < -0.3 is 9.47 Å². The third kappa shape index (κ3) is 3.64. The molecule has 1 unspecified atom stereocenters. The van der Waals surface area contributed by atoms with Crippen LogP contribution in [0.3, 0.4) is 0 Å². The van der Waals surface area contributed by atoms with Gasteiger partial charge in [0.05, 0.1) is 30.5 Å². The molecule has 2 heterocycles. The number of hydrogen-bond acceptors (Lipinski definition) is 7. The molecule has 24 heavy (non-hydrogen) atoms. The lowest BCUT2D eigenvalue weighted by Gasteiger charge is -2.15. The number of thiophene rings is 1. The van der Waals surface area contributed by atoms with Gasteiger partial charge in [-0.25, -0.2) is 14.6 Å². The molecule has 0 bridgehead atoms. The average Bonchev–Trinajstić information content (AvgIpc) is 2.97. The van der Waals surface area contributed by atoms with Gasteiger partial charge in [-0.3, -0.25) is 9.36 Å². The zero-order valence-corrected chi connectivity index (χ0v) is 14.9. The van der Waals surface area contributed by atoms with E-state index in [1.807, 2.05) is 13.8 Å². The molecular weight excluding hydrogens is 332 g/mol. The van der Waals surface area contributed by atoms with E-state index >= 15 is 0 Å². The molecule has 130 valence electrons. The standard InChI is InChI=1S/C16H20N2O5S/c1-5-22-16(21)11-7-24-13-12(11)14(19)18(8-17-13)10(4)15(20)23-6-9(2)3/h7-10H,5-6H2,1-4H3. The Balaban J connectivity index is 2.40. The zero-order valence-electron chi connectivity index (χ0n) is 14.1. The molecule has 0 aliphatic heterocycles. The Hall–Kier alpha value is -2.22. The van der Waals surface area contributed by atoms with Gasteiger partial charge in [0.2, 0.25) is 0 Å². The third-order valence-corrected chi connectivity index (χ3v) is 4.22. The fraction of sp³-hybridized carbons (Fsp3) is 0.500. The molecule has 1 atom stereocenters. The Morgan fingerprint density at radius 2 is 2.00 bits per heavy atom. The summed E-state index contributed by atoms with van der Waals surface area (Å²) in [5.74, 6) is -0.888. The Kier molecular flexibility index (Phi) is 5.71. The van der Waals surface area contributed by atoms with Crippen molar-refractivity contribution in [3.05, 3.63) is 27.6 Å². The second-order valence-electron chi connectivity index (χ2n) is 5.71. The number of aromatic nitrogens is 2. The summed E-state index contributed by atoms with van der Waals surface area (Å²) in [6.45, 7) is 7.59. The van der Waals surface area contributed by atoms with E-state index in [9.17, 15) is 14.4 Å². The maximum Gasteiger partial charge on any atom is 0.339 e. The molecule has 2 aromatic rings. The van der Waals surface area contributed by atoms with Crippen molar-refractivity contribution in [3.63, 3.8) is 0 Å². The summed E-state index contributed by atoms with van der Waals surface area (Å²) in [6, 6.07) is -0.830. The number of carbonyl (C=O) groups is 2. The number of rotatable bonds is 6. The fourth-order valence-electron chi connectivity index (χ4n) is 2.06. The first-order valence-electron chi connectivity index (χ1n) is 7.68. The smallest absolute Gasteiger partial charge is 0.339 e. The normalized spacial score (nSPS) is 12.4. The minimum absolute atomic E-state index is 0.171. The number of hydrogen-bond donors (Lipinski definition) is 0. The first kappa shape index (κ1) is 18.1. The number of carbonyl (C=O) groups excluding carboxylic acids is 2. The van der Waals surface area contributed by atoms with Crippen molar-refractivity contribution in [1.29, 1.82) is 0 Å². The summed E-state index contributed by atoms with van der Waals surface area (Å²) >= 11 is 1.18. The van der Waals surface area contributed by atoms with Crippen molar-refractivity contribution in [2.24, 2.45) is 5.92 Å². The molecular formula is C16H20N2O5S. The van der Waals surface area contributed by atoms with Gasteiger partial charge in [0.15, 0.2) is 0 Å². The summed E-state index contributed by atoms with van der Waals surface area (Å²) in [5, 5.41) is 1.72. The van der Waals surface area contributed by atoms with Gasteiger partial charge in [-0.05, 0) is 19.8 Å². The molecule has 0 aromatic carbocycles. The molecule has 0 saturated heterocycles. The summed E-state index contributed by atoms with van der Waals surface area (Å²) in [7, 11) is 0. The lowest BCUT2D eigenvalue weighted by molar-refractivity contribution is -0.148. The minimum Gasteiger partial charge on any atom is -0.464 e. The van der Waals surface area contributed by atoms with E-state index < -0.39 is 23.5 Å². The Morgan fingerprint density at radius 3 is 2.62 bits per heavy atom. The molecule has 2 aromatic heterocycles. The Bertz CT molecular complexity index is 808. The van der Waals surface area contributed by atoms with Crippen molar-refractivity contribution in [1.82, 2.24) is 9.55 Å². The maximum absolute atomic E-state index is 12.7. The van der Waals surface area contributed by atoms with Crippen LogP contribution in [-0.2, 0) is 14.3 Å². The molecule has 0 N–H and O–H groups in total. The van der Waals surface area contributed by atoms with E-state index in [0.29, 0.717) is 4.83 Å². The van der Waals surface area contributed by atoms with Crippen LogP contribution in [0.25, 0.3) is 10.2 Å². The van der Waals surface area contributed by atoms with Gasteiger partial charge in [-0.2, -0.15) is 0 Å². The first-order chi connectivity index (χ1) is 11.4. The van der Waals surface area contributed by atoms with Crippen LogP contribution in [-0.4, -0.2) is 34.7 Å². The van der Waals surface area contributed by atoms with Crippen molar-refractivity contribution in [2.45, 2.75) is 33.7 Å². The molecule has 0 spiro atoms. The average molecular weight is 352 g/mol. The van der Waals surface area contributed by atoms with E-state index in [4.69, 9.17) is 9.47 Å². The second kappa shape index (κ2) is 7.57. The lowest BCUT2D eigenvalue weighted by atomic mass is 10.2. The highest BCUT2D eigenvalue weighted by Gasteiger charge is 2.23. The van der Waals surface area contributed by atoms with Crippen molar-refractivity contribution >= 4 is 33.5 Å². The molecule has 2 rings (SSSR count). The van der Waals surface area contributed by atoms with Crippen LogP contribution in [0.15, 0.2) is 16.5 Å². The first-order valence-corrected chi connectivity index (χ1v) is 8.56. The summed E-state index contributed by atoms with van der Waals surface area (Å²) < 4.78 is 11.3. The Labute approximate surface area is 143 Å². The second-order valence-corrected chi connectivity index (χ2v) is 6.56. The zero-order chi connectivity index (χ0) is 17.9. The largest absolute Gasteiger partial charge is 0.464 e. The highest BCUT2D eigenvalue weighted by Crippen LogP contribution is 2.22. The summed E-state index contributed by atoms with van der Waals surface area (Å²) in [5.41, 5.74) is -0.287. The molecule has 0 radical (unpaired) electrons. The van der Waals surface area contributed by atoms with Crippen LogP contribution in [0.1, 0.15) is 44.1 Å². The molecule has 0 amide bonds. The third-order valence-electron chi connectivity index (χ3n) is 3.33. The van der Waals surface area contributed by atoms with Crippen LogP contribution in [0, 0.1) is 5.92 Å². The monoisotopic (exact) mass is 352 g/mol. The van der Waals surface area contributed by atoms with Crippen LogP contribution in [0.2, 0.25) is 0 Å². The lowest BCUT2D eigenvalue weighted by Crippen LogP contribution is -2.30. The van der Waals surface area contributed by atoms with Gasteiger partial charge >= 0.3 is 11.9 Å². The van der Waals surface area contributed by atoms with Crippen molar-refractivity contribution < 1.29 is 19.1 Å². The maximum atomic E-state index is 12.7. The number of ether oxygens (including phenoxy) is 2. The van der Waals surface area contributed by atoms with Crippen molar-refractivity contribution in [2.75, 3.05) is 13.2 Å². The van der Waals surface area contributed by atoms with Crippen LogP contribution in [0.5, 0.6) is 0 Å². The van der Waals surface area contributed by atoms with E-state index in [2.05, 4.69) is 4.98 Å². The van der Waals surface area contributed by atoms with E-state index in [1.54, 1.807) is 19.2 Å². The molecule has 7 nitrogen and oxygen atoms in total. The SMILES string of the molecule is CCOC(=O)c1csc2ncn(C(C)C(=O)OCC(C)C)c(=O)c12. The number of nitrogens with zero attached hydrogens (tertiary/aromatic N) is 2. The van der Waals surface area contributed by atoms with E-state index in [1.165, 1.54) is 22.2 Å². The molecule has 0 aliphatic rings. The van der Waals surface area contributed by atoms with Crippen LogP contribution >= 0.6 is 11.3 Å². The fourth-order valence-corrected chi connectivity index (χ4v) is 2.93. The molecule has 8 heteroatoms. The van der Waals surface area contributed by atoms with Gasteiger partial charge in [0.25, 0.3) is 5.56 Å². The predicted molar refractivity (Wildman–Crippen MR) is 90.3 cm³/mol. The topological polar surface area (TPSA) is 87.5 Å². The van der Waals surface area contributed by atoms with Gasteiger partial charge in [-0.1, -0.05) is 13.8 Å². The van der Waals surface area contributed by atoms with Crippen LogP contribution < -0.4 is 5.56 Å². The number of esters is 2. The molecule has 0 aliphatic carbocycles. The predicted octanol–water partition coefficient (Wildman–Crippen LogP) is 2.39. The van der Waals surface area contributed by atoms with Gasteiger partial charge in [-0.15, -0.1) is 11.3 Å². The molecule has 0 saturated carbocycles. The summed E-state index contributed by atoms with van der Waals surface area (Å²) in [4.78, 5) is 41.4. The summed E-state index contributed by atoms with van der Waals surface area (Å²) in [6.07, 6.45) is 1.30. The van der Waals surface area contributed by atoms with E-state index in [-0.39, 0.29) is 30.1 Å². The van der Waals surface area contributed by atoms with Crippen LogP contribution in [0.4, 0.5) is 0 Å².